The van der Waals surface area contributed by atoms with Crippen molar-refractivity contribution < 1.29 is 17.2 Å². The molecule has 0 amide bonds. The van der Waals surface area contributed by atoms with Gasteiger partial charge in [-0.2, -0.15) is 4.31 Å². The Morgan fingerprint density at radius 2 is 1.75 bits per heavy atom. The van der Waals surface area contributed by atoms with Crippen molar-refractivity contribution in [1.29, 1.82) is 0 Å². The molecule has 0 radical (unpaired) electrons. The molecule has 2 aromatic rings. The number of rotatable bonds is 3. The van der Waals surface area contributed by atoms with Crippen LogP contribution >= 0.6 is 0 Å². The fourth-order valence-electron chi connectivity index (χ4n) is 2.94. The van der Waals surface area contributed by atoms with Crippen LogP contribution in [0.1, 0.15) is 11.6 Å². The van der Waals surface area contributed by atoms with Crippen molar-refractivity contribution in [1.82, 2.24) is 9.21 Å². The Morgan fingerprint density at radius 3 is 2.46 bits per heavy atom. The van der Waals surface area contributed by atoms with E-state index in [0.29, 0.717) is 13.1 Å². The molecule has 0 spiro atoms. The van der Waals surface area contributed by atoms with Gasteiger partial charge >= 0.3 is 0 Å². The third-order valence-corrected chi connectivity index (χ3v) is 6.12. The van der Waals surface area contributed by atoms with Gasteiger partial charge in [-0.25, -0.2) is 17.2 Å². The molecule has 0 aliphatic carbocycles. The van der Waals surface area contributed by atoms with Crippen molar-refractivity contribution in [2.24, 2.45) is 0 Å². The van der Waals surface area contributed by atoms with Crippen LogP contribution in [0.4, 0.5) is 8.78 Å². The first-order chi connectivity index (χ1) is 11.4. The summed E-state index contributed by atoms with van der Waals surface area (Å²) in [5.74, 6) is -1.72. The second kappa shape index (κ2) is 6.58. The summed E-state index contributed by atoms with van der Waals surface area (Å²) in [7, 11) is -2.24. The molecule has 0 N–H and O–H groups in total. The highest BCUT2D eigenvalue weighted by Crippen LogP contribution is 2.31. The Hall–Kier alpha value is -1.83. The zero-order valence-electron chi connectivity index (χ0n) is 13.2. The van der Waals surface area contributed by atoms with Crippen LogP contribution in [0.3, 0.4) is 0 Å². The molecule has 1 unspecified atom stereocenters. The molecule has 1 atom stereocenters. The lowest BCUT2D eigenvalue weighted by Crippen LogP contribution is -2.49. The Bertz CT molecular complexity index is 828. The van der Waals surface area contributed by atoms with Gasteiger partial charge in [0, 0.05) is 19.6 Å². The van der Waals surface area contributed by atoms with Gasteiger partial charge in [-0.3, -0.25) is 0 Å². The van der Waals surface area contributed by atoms with Gasteiger partial charge in [-0.05, 0) is 30.8 Å². The van der Waals surface area contributed by atoms with Crippen LogP contribution in [0.2, 0.25) is 0 Å². The normalized spacial score (nSPS) is 20.2. The largest absolute Gasteiger partial charge is 0.303 e. The van der Waals surface area contributed by atoms with E-state index in [1.807, 2.05) is 42.3 Å². The SMILES string of the molecule is CN1CCN(S(=O)(=O)c2cc(F)ccc2F)C(c2ccccc2)C1. The smallest absolute Gasteiger partial charge is 0.246 e. The topological polar surface area (TPSA) is 40.6 Å². The Morgan fingerprint density at radius 1 is 1.04 bits per heavy atom. The third kappa shape index (κ3) is 3.19. The maximum absolute atomic E-state index is 14.0. The number of likely N-dealkylation sites (N-methyl/N-ethyl adjacent to an activating group) is 1. The molecule has 0 aromatic heterocycles. The molecule has 1 saturated heterocycles. The summed E-state index contributed by atoms with van der Waals surface area (Å²) in [6.07, 6.45) is 0. The van der Waals surface area contributed by atoms with Crippen molar-refractivity contribution >= 4 is 10.0 Å². The first kappa shape index (κ1) is 17.0. The number of benzene rings is 2. The summed E-state index contributed by atoms with van der Waals surface area (Å²) < 4.78 is 54.7. The number of hydrogen-bond acceptors (Lipinski definition) is 3. The van der Waals surface area contributed by atoms with E-state index in [9.17, 15) is 17.2 Å². The molecule has 2 aromatic carbocycles. The first-order valence-corrected chi connectivity index (χ1v) is 9.04. The molecule has 1 aliphatic heterocycles. The van der Waals surface area contributed by atoms with Crippen LogP contribution < -0.4 is 0 Å². The minimum absolute atomic E-state index is 0.217. The van der Waals surface area contributed by atoms with Crippen molar-refractivity contribution in [3.8, 4) is 0 Å². The van der Waals surface area contributed by atoms with Gasteiger partial charge in [0.1, 0.15) is 16.5 Å². The maximum Gasteiger partial charge on any atom is 0.246 e. The van der Waals surface area contributed by atoms with E-state index in [1.54, 1.807) is 0 Å². The molecule has 24 heavy (non-hydrogen) atoms. The molecule has 1 heterocycles. The van der Waals surface area contributed by atoms with Gasteiger partial charge < -0.3 is 4.90 Å². The van der Waals surface area contributed by atoms with E-state index >= 15 is 0 Å². The summed E-state index contributed by atoms with van der Waals surface area (Å²) in [6.45, 7) is 1.23. The van der Waals surface area contributed by atoms with Gasteiger partial charge in [-0.15, -0.1) is 0 Å². The van der Waals surface area contributed by atoms with Gasteiger partial charge in [0.05, 0.1) is 6.04 Å². The molecule has 3 rings (SSSR count). The van der Waals surface area contributed by atoms with E-state index < -0.39 is 32.6 Å². The van der Waals surface area contributed by atoms with Crippen molar-refractivity contribution in [3.05, 3.63) is 65.7 Å². The quantitative estimate of drug-likeness (QED) is 0.853. The summed E-state index contributed by atoms with van der Waals surface area (Å²) in [5.41, 5.74) is 0.824. The van der Waals surface area contributed by atoms with Crippen LogP contribution in [-0.2, 0) is 10.0 Å². The number of hydrogen-bond donors (Lipinski definition) is 0. The molecule has 7 heteroatoms. The predicted octanol–water partition coefficient (Wildman–Crippen LogP) is 2.64. The molecule has 1 aliphatic rings. The van der Waals surface area contributed by atoms with Crippen LogP contribution in [0.5, 0.6) is 0 Å². The van der Waals surface area contributed by atoms with E-state index in [4.69, 9.17) is 0 Å². The molecule has 0 bridgehead atoms. The summed E-state index contributed by atoms with van der Waals surface area (Å²) in [6, 6.07) is 11.2. The summed E-state index contributed by atoms with van der Waals surface area (Å²) >= 11 is 0. The molecule has 128 valence electrons. The van der Waals surface area contributed by atoms with E-state index in [1.165, 1.54) is 4.31 Å². The molecule has 4 nitrogen and oxygen atoms in total. The maximum atomic E-state index is 14.0. The van der Waals surface area contributed by atoms with Crippen LogP contribution in [0, 0.1) is 11.6 Å². The third-order valence-electron chi connectivity index (χ3n) is 4.20. The second-order valence-electron chi connectivity index (χ2n) is 5.88. The highest BCUT2D eigenvalue weighted by molar-refractivity contribution is 7.89. The van der Waals surface area contributed by atoms with Gasteiger partial charge in [-0.1, -0.05) is 30.3 Å². The fraction of sp³-hybridized carbons (Fsp3) is 0.294. The molecular formula is C17H18F2N2O2S. The highest BCUT2D eigenvalue weighted by atomic mass is 32.2. The lowest BCUT2D eigenvalue weighted by molar-refractivity contribution is 0.160. The zero-order chi connectivity index (χ0) is 17.3. The van der Waals surface area contributed by atoms with Crippen LogP contribution in [-0.4, -0.2) is 44.3 Å². The number of sulfonamides is 1. The average Bonchev–Trinajstić information content (AvgIpc) is 2.57. The van der Waals surface area contributed by atoms with Crippen molar-refractivity contribution in [2.75, 3.05) is 26.7 Å². The van der Waals surface area contributed by atoms with Crippen molar-refractivity contribution in [2.45, 2.75) is 10.9 Å². The number of piperazine rings is 1. The van der Waals surface area contributed by atoms with E-state index in [-0.39, 0.29) is 6.54 Å². The monoisotopic (exact) mass is 352 g/mol. The molecule has 1 fully saturated rings. The number of nitrogens with zero attached hydrogens (tertiary/aromatic N) is 2. The minimum atomic E-state index is -4.14. The Balaban J connectivity index is 2.05. The van der Waals surface area contributed by atoms with E-state index in [2.05, 4.69) is 0 Å². The zero-order valence-corrected chi connectivity index (χ0v) is 14.0. The predicted molar refractivity (Wildman–Crippen MR) is 86.9 cm³/mol. The Labute approximate surface area is 140 Å². The fourth-order valence-corrected chi connectivity index (χ4v) is 4.61. The lowest BCUT2D eigenvalue weighted by atomic mass is 10.1. The molecular weight excluding hydrogens is 334 g/mol. The minimum Gasteiger partial charge on any atom is -0.303 e. The highest BCUT2D eigenvalue weighted by Gasteiger charge is 2.37. The summed E-state index contributed by atoms with van der Waals surface area (Å²) in [5, 5.41) is 0. The van der Waals surface area contributed by atoms with E-state index in [0.717, 1.165) is 23.8 Å². The lowest BCUT2D eigenvalue weighted by Gasteiger charge is -2.39. The Kier molecular flexibility index (Phi) is 4.67. The number of halogens is 2. The standard InChI is InChI=1S/C17H18F2N2O2S/c1-20-9-10-21(16(12-20)13-5-3-2-4-6-13)24(22,23)17-11-14(18)7-8-15(17)19/h2-8,11,16H,9-10,12H2,1H3. The molecule has 0 saturated carbocycles. The first-order valence-electron chi connectivity index (χ1n) is 7.60. The summed E-state index contributed by atoms with van der Waals surface area (Å²) in [4.78, 5) is 1.40. The van der Waals surface area contributed by atoms with Crippen molar-refractivity contribution in [3.63, 3.8) is 0 Å². The van der Waals surface area contributed by atoms with Crippen LogP contribution in [0.15, 0.2) is 53.4 Å². The van der Waals surface area contributed by atoms with Gasteiger partial charge in [0.25, 0.3) is 0 Å². The average molecular weight is 352 g/mol. The van der Waals surface area contributed by atoms with Gasteiger partial charge in [0.2, 0.25) is 10.0 Å². The van der Waals surface area contributed by atoms with Crippen LogP contribution in [0.25, 0.3) is 0 Å². The second-order valence-corrected chi connectivity index (χ2v) is 7.74. The van der Waals surface area contributed by atoms with Gasteiger partial charge in [0.15, 0.2) is 0 Å².